The van der Waals surface area contributed by atoms with Gasteiger partial charge in [-0.3, -0.25) is 9.36 Å². The van der Waals surface area contributed by atoms with Crippen LogP contribution >= 0.6 is 0 Å². The molecule has 1 saturated heterocycles. The molecule has 198 valence electrons. The van der Waals surface area contributed by atoms with Gasteiger partial charge in [0.05, 0.1) is 19.5 Å². The molecule has 4 rings (SSSR count). The second-order valence-corrected chi connectivity index (χ2v) is 15.4. The van der Waals surface area contributed by atoms with Gasteiger partial charge >= 0.3 is 0 Å². The Balaban J connectivity index is 1.60. The molecule has 0 spiro atoms. The Morgan fingerprint density at radius 3 is 2.65 bits per heavy atom. The topological polar surface area (TPSA) is 121 Å². The highest BCUT2D eigenvalue weighted by Crippen LogP contribution is 2.39. The number of nitrogens with zero attached hydrogens (tertiary/aromatic N) is 4. The Hall–Kier alpha value is -2.96. The molecular weight excluding hydrogens is 490 g/mol. The number of hydrogen-bond acceptors (Lipinski definition) is 8. The molecule has 0 unspecified atom stereocenters. The molecule has 0 bridgehead atoms. The number of hydrogen-bond donors (Lipinski definition) is 2. The molecule has 0 saturated carbocycles. The second-order valence-electron chi connectivity index (χ2n) is 10.6. The zero-order chi connectivity index (χ0) is 26.8. The van der Waals surface area contributed by atoms with Gasteiger partial charge in [-0.2, -0.15) is 0 Å². The van der Waals surface area contributed by atoms with Gasteiger partial charge in [0.2, 0.25) is 0 Å². The van der Waals surface area contributed by atoms with Gasteiger partial charge in [-0.1, -0.05) is 45.0 Å². The Bertz CT molecular complexity index is 1240. The van der Waals surface area contributed by atoms with Crippen LogP contribution in [-0.2, 0) is 13.9 Å². The molecule has 2 N–H and O–H groups in total. The van der Waals surface area contributed by atoms with Crippen molar-refractivity contribution in [1.82, 2.24) is 19.5 Å². The summed E-state index contributed by atoms with van der Waals surface area (Å²) in [6.07, 6.45) is 1.55. The quantitative estimate of drug-likeness (QED) is 0.318. The van der Waals surface area contributed by atoms with Crippen molar-refractivity contribution >= 4 is 31.2 Å². The van der Waals surface area contributed by atoms with Crippen molar-refractivity contribution in [3.63, 3.8) is 0 Å². The SMILES string of the molecule is C=CCO[C@@H]1[C@H](O)[C@@H](CO[Si](C)(C)C(C)(C)C)O[C@H]1n1cnc2c(NC(=O)c3ccccc3)ncnc21. The molecule has 37 heavy (non-hydrogen) atoms. The van der Waals surface area contributed by atoms with Crippen LogP contribution in [0.25, 0.3) is 11.2 Å². The van der Waals surface area contributed by atoms with Crippen molar-refractivity contribution in [2.45, 2.75) is 63.4 Å². The number of ether oxygens (including phenoxy) is 2. The lowest BCUT2D eigenvalue weighted by Gasteiger charge is -2.37. The zero-order valence-corrected chi connectivity index (χ0v) is 22.9. The lowest BCUT2D eigenvalue weighted by molar-refractivity contribution is -0.0636. The van der Waals surface area contributed by atoms with Gasteiger partial charge in [0.1, 0.15) is 24.6 Å². The van der Waals surface area contributed by atoms with E-state index in [1.165, 1.54) is 6.33 Å². The Morgan fingerprint density at radius 1 is 1.24 bits per heavy atom. The Kier molecular flexibility index (Phi) is 7.90. The number of amides is 1. The van der Waals surface area contributed by atoms with E-state index in [1.807, 2.05) is 6.07 Å². The number of imidazole rings is 1. The third-order valence-corrected chi connectivity index (χ3v) is 11.5. The summed E-state index contributed by atoms with van der Waals surface area (Å²) in [4.78, 5) is 25.8. The van der Waals surface area contributed by atoms with Crippen LogP contribution in [0.15, 0.2) is 55.6 Å². The number of aliphatic hydroxyl groups is 1. The van der Waals surface area contributed by atoms with Crippen LogP contribution in [0.2, 0.25) is 18.1 Å². The van der Waals surface area contributed by atoms with E-state index in [9.17, 15) is 9.90 Å². The summed E-state index contributed by atoms with van der Waals surface area (Å²) >= 11 is 0. The number of rotatable bonds is 9. The monoisotopic (exact) mass is 525 g/mol. The minimum Gasteiger partial charge on any atom is -0.414 e. The molecular formula is C26H35N5O5Si. The van der Waals surface area contributed by atoms with Gasteiger partial charge < -0.3 is 24.3 Å². The fourth-order valence-corrected chi connectivity index (χ4v) is 4.86. The fourth-order valence-electron chi connectivity index (χ4n) is 3.84. The van der Waals surface area contributed by atoms with Crippen LogP contribution in [0, 0.1) is 0 Å². The highest BCUT2D eigenvalue weighted by Gasteiger charge is 2.47. The zero-order valence-electron chi connectivity index (χ0n) is 21.9. The lowest BCUT2D eigenvalue weighted by Crippen LogP contribution is -2.44. The highest BCUT2D eigenvalue weighted by molar-refractivity contribution is 6.74. The normalized spacial score (nSPS) is 22.3. The molecule has 0 aliphatic carbocycles. The number of nitrogens with one attached hydrogen (secondary N) is 1. The first-order valence-corrected chi connectivity index (χ1v) is 15.2. The maximum Gasteiger partial charge on any atom is 0.256 e. The highest BCUT2D eigenvalue weighted by atomic mass is 28.4. The number of carbonyl (C=O) groups excluding carboxylic acids is 1. The van der Waals surface area contributed by atoms with Crippen LogP contribution in [0.4, 0.5) is 5.82 Å². The molecule has 1 amide bonds. The predicted molar refractivity (Wildman–Crippen MR) is 143 cm³/mol. The third-order valence-electron chi connectivity index (χ3n) is 7.03. The average molecular weight is 526 g/mol. The van der Waals surface area contributed by atoms with E-state index in [2.05, 4.69) is 60.7 Å². The summed E-state index contributed by atoms with van der Waals surface area (Å²) in [5, 5.41) is 14.0. The van der Waals surface area contributed by atoms with Crippen molar-refractivity contribution in [2.75, 3.05) is 18.5 Å². The van der Waals surface area contributed by atoms with Crippen molar-refractivity contribution in [2.24, 2.45) is 0 Å². The summed E-state index contributed by atoms with van der Waals surface area (Å²) < 4.78 is 20.3. The fraction of sp³-hybridized carbons (Fsp3) is 0.462. The van der Waals surface area contributed by atoms with E-state index in [1.54, 1.807) is 41.2 Å². The molecule has 0 radical (unpaired) electrons. The summed E-state index contributed by atoms with van der Waals surface area (Å²) in [5.74, 6) is -0.0322. The summed E-state index contributed by atoms with van der Waals surface area (Å²) in [5.41, 5.74) is 1.33. The third kappa shape index (κ3) is 5.65. The molecule has 2 aromatic heterocycles. The van der Waals surface area contributed by atoms with E-state index in [4.69, 9.17) is 13.9 Å². The summed E-state index contributed by atoms with van der Waals surface area (Å²) in [7, 11) is -2.06. The van der Waals surface area contributed by atoms with E-state index < -0.39 is 32.9 Å². The molecule has 1 aliphatic rings. The summed E-state index contributed by atoms with van der Waals surface area (Å²) in [6.45, 7) is 15.0. The standard InChI is InChI=1S/C26H35N5O5Si/c1-7-13-34-21-20(32)18(14-35-37(5,6)26(2,3)4)36-25(21)31-16-29-19-22(27-15-28-23(19)31)30-24(33)17-11-9-8-10-12-17/h7-12,15-16,18,20-21,25,32H,1,13-14H2,2-6H3,(H,27,28,30,33)/t18-,20-,21-,25-/m1/s1. The predicted octanol–water partition coefficient (Wildman–Crippen LogP) is 3.93. The molecule has 1 aromatic carbocycles. The Morgan fingerprint density at radius 2 is 1.97 bits per heavy atom. The van der Waals surface area contributed by atoms with Crippen molar-refractivity contribution in [1.29, 1.82) is 0 Å². The van der Waals surface area contributed by atoms with Gasteiger partial charge in [0.25, 0.3) is 5.91 Å². The number of benzene rings is 1. The number of anilines is 1. The lowest BCUT2D eigenvalue weighted by atomic mass is 10.1. The number of carbonyl (C=O) groups is 1. The number of fused-ring (bicyclic) bond motifs is 1. The van der Waals surface area contributed by atoms with Crippen LogP contribution in [0.3, 0.4) is 0 Å². The van der Waals surface area contributed by atoms with Gasteiger partial charge in [-0.15, -0.1) is 6.58 Å². The molecule has 1 aliphatic heterocycles. The second kappa shape index (κ2) is 10.8. The smallest absolute Gasteiger partial charge is 0.256 e. The number of aliphatic hydroxyl groups excluding tert-OH is 1. The minimum absolute atomic E-state index is 0.0206. The molecule has 4 atom stereocenters. The van der Waals surface area contributed by atoms with Crippen LogP contribution < -0.4 is 5.32 Å². The Labute approximate surface area is 217 Å². The van der Waals surface area contributed by atoms with Crippen molar-refractivity contribution in [3.8, 4) is 0 Å². The number of aromatic nitrogens is 4. The summed E-state index contributed by atoms with van der Waals surface area (Å²) in [6, 6.07) is 8.85. The molecule has 3 heterocycles. The van der Waals surface area contributed by atoms with Crippen molar-refractivity contribution < 1.29 is 23.8 Å². The van der Waals surface area contributed by atoms with Gasteiger partial charge in [0.15, 0.2) is 31.5 Å². The van der Waals surface area contributed by atoms with Gasteiger partial charge in [0, 0.05) is 5.56 Å². The van der Waals surface area contributed by atoms with Crippen LogP contribution in [0.5, 0.6) is 0 Å². The maximum atomic E-state index is 12.7. The largest absolute Gasteiger partial charge is 0.414 e. The van der Waals surface area contributed by atoms with E-state index in [0.717, 1.165) is 0 Å². The van der Waals surface area contributed by atoms with Gasteiger partial charge in [-0.05, 0) is 30.3 Å². The first-order valence-electron chi connectivity index (χ1n) is 12.3. The van der Waals surface area contributed by atoms with Crippen molar-refractivity contribution in [3.05, 3.63) is 61.2 Å². The van der Waals surface area contributed by atoms with E-state index in [-0.39, 0.29) is 30.0 Å². The van der Waals surface area contributed by atoms with Crippen LogP contribution in [-0.4, -0.2) is 70.4 Å². The average Bonchev–Trinajstić information content (AvgIpc) is 3.42. The van der Waals surface area contributed by atoms with Crippen LogP contribution in [0.1, 0.15) is 37.4 Å². The first-order chi connectivity index (χ1) is 17.5. The molecule has 11 heteroatoms. The molecule has 10 nitrogen and oxygen atoms in total. The maximum absolute atomic E-state index is 12.7. The van der Waals surface area contributed by atoms with E-state index in [0.29, 0.717) is 16.7 Å². The molecule has 3 aromatic rings. The minimum atomic E-state index is -2.06. The van der Waals surface area contributed by atoms with Gasteiger partial charge in [-0.25, -0.2) is 15.0 Å². The van der Waals surface area contributed by atoms with E-state index >= 15 is 0 Å². The molecule has 1 fully saturated rings. The first kappa shape index (κ1) is 27.1.